The first kappa shape index (κ1) is 24.9. The van der Waals surface area contributed by atoms with Gasteiger partial charge in [-0.1, -0.05) is 52.3 Å². The molecule has 3 saturated heterocycles. The van der Waals surface area contributed by atoms with E-state index >= 15 is 0 Å². The zero-order valence-electron chi connectivity index (χ0n) is 19.3. The Bertz CT molecular complexity index is 943. The molecule has 1 N–H and O–H groups in total. The molecule has 9 heteroatoms. The number of aliphatic hydroxyl groups is 1. The number of amides is 2. The van der Waals surface area contributed by atoms with Crippen LogP contribution >= 0.6 is 15.9 Å². The lowest BCUT2D eigenvalue weighted by molar-refractivity contribution is -0.155. The molecular weight excluding hydrogens is 504 g/mol. The highest BCUT2D eigenvalue weighted by atomic mass is 79.9. The number of alkyl halides is 1. The van der Waals surface area contributed by atoms with Crippen LogP contribution in [0.1, 0.15) is 25.3 Å². The first-order valence-corrected chi connectivity index (χ1v) is 12.6. The van der Waals surface area contributed by atoms with Crippen LogP contribution in [0.4, 0.5) is 0 Å². The van der Waals surface area contributed by atoms with Gasteiger partial charge in [-0.15, -0.1) is 6.58 Å². The van der Waals surface area contributed by atoms with Crippen LogP contribution in [0.5, 0.6) is 0 Å². The van der Waals surface area contributed by atoms with Crippen LogP contribution in [0.25, 0.3) is 0 Å². The molecular formula is C25H31BrN2O6. The fraction of sp³-hybridized carbons (Fsp3) is 0.560. The SMILES string of the molecule is C=CCN(Cc1ccccc1)C(=O)C1N(CCCO)C(=O)[C@@H]2[C@@H](C(=O)OCC)[C@@H]3OC12CC3Br. The highest BCUT2D eigenvalue weighted by Gasteiger charge is 2.77. The van der Waals surface area contributed by atoms with Crippen LogP contribution in [0.3, 0.4) is 0 Å². The molecule has 3 fully saturated rings. The van der Waals surface area contributed by atoms with Crippen molar-refractivity contribution in [2.24, 2.45) is 11.8 Å². The highest BCUT2D eigenvalue weighted by Crippen LogP contribution is 2.60. The van der Waals surface area contributed by atoms with E-state index in [1.165, 1.54) is 4.90 Å². The van der Waals surface area contributed by atoms with Crippen molar-refractivity contribution in [3.63, 3.8) is 0 Å². The van der Waals surface area contributed by atoms with Gasteiger partial charge in [-0.2, -0.15) is 0 Å². The number of halogens is 1. The van der Waals surface area contributed by atoms with E-state index in [-0.39, 0.29) is 36.4 Å². The third-order valence-corrected chi connectivity index (χ3v) is 7.86. The van der Waals surface area contributed by atoms with Crippen molar-refractivity contribution < 1.29 is 29.0 Å². The van der Waals surface area contributed by atoms with E-state index in [1.54, 1.807) is 17.9 Å². The molecule has 1 spiro atoms. The summed E-state index contributed by atoms with van der Waals surface area (Å²) in [7, 11) is 0. The Morgan fingerprint density at radius 1 is 1.38 bits per heavy atom. The molecule has 3 aliphatic heterocycles. The third kappa shape index (κ3) is 4.07. The number of aliphatic hydroxyl groups excluding tert-OH is 1. The minimum absolute atomic E-state index is 0.116. The molecule has 3 heterocycles. The van der Waals surface area contributed by atoms with Crippen LogP contribution in [0.2, 0.25) is 0 Å². The second kappa shape index (κ2) is 10.2. The minimum atomic E-state index is -1.13. The molecule has 4 rings (SSSR count). The second-order valence-corrected chi connectivity index (χ2v) is 10.2. The number of ether oxygens (including phenoxy) is 2. The molecule has 0 radical (unpaired) electrons. The van der Waals surface area contributed by atoms with Crippen LogP contribution in [0.15, 0.2) is 43.0 Å². The maximum absolute atomic E-state index is 14.1. The molecule has 1 aromatic rings. The van der Waals surface area contributed by atoms with Crippen LogP contribution in [-0.4, -0.2) is 81.6 Å². The zero-order chi connectivity index (χ0) is 24.5. The van der Waals surface area contributed by atoms with Gasteiger partial charge in [0, 0.05) is 31.1 Å². The van der Waals surface area contributed by atoms with Gasteiger partial charge in [0.15, 0.2) is 0 Å². The second-order valence-electron chi connectivity index (χ2n) is 9.02. The number of hydrogen-bond donors (Lipinski definition) is 1. The van der Waals surface area contributed by atoms with Crippen molar-refractivity contribution in [3.8, 4) is 0 Å². The van der Waals surface area contributed by atoms with Crippen LogP contribution in [-0.2, 0) is 30.4 Å². The number of likely N-dealkylation sites (tertiary alicyclic amines) is 1. The molecule has 34 heavy (non-hydrogen) atoms. The van der Waals surface area contributed by atoms with E-state index in [0.717, 1.165) is 5.56 Å². The van der Waals surface area contributed by atoms with Gasteiger partial charge in [0.2, 0.25) is 11.8 Å². The molecule has 8 nitrogen and oxygen atoms in total. The third-order valence-electron chi connectivity index (χ3n) is 7.02. The van der Waals surface area contributed by atoms with E-state index in [9.17, 15) is 19.5 Å². The van der Waals surface area contributed by atoms with Gasteiger partial charge in [0.25, 0.3) is 0 Å². The fourth-order valence-electron chi connectivity index (χ4n) is 5.76. The van der Waals surface area contributed by atoms with Gasteiger partial charge < -0.3 is 24.4 Å². The molecule has 0 saturated carbocycles. The summed E-state index contributed by atoms with van der Waals surface area (Å²) >= 11 is 3.63. The van der Waals surface area contributed by atoms with Crippen molar-refractivity contribution in [2.75, 3.05) is 26.3 Å². The Morgan fingerprint density at radius 2 is 2.12 bits per heavy atom. The first-order valence-electron chi connectivity index (χ1n) is 11.7. The summed E-state index contributed by atoms with van der Waals surface area (Å²) < 4.78 is 11.7. The minimum Gasteiger partial charge on any atom is -0.466 e. The summed E-state index contributed by atoms with van der Waals surface area (Å²) in [6.07, 6.45) is 1.88. The number of fused-ring (bicyclic) bond motifs is 1. The predicted octanol–water partition coefficient (Wildman–Crippen LogP) is 1.89. The number of esters is 1. The van der Waals surface area contributed by atoms with E-state index in [1.807, 2.05) is 30.3 Å². The summed E-state index contributed by atoms with van der Waals surface area (Å²) in [6.45, 7) is 6.47. The van der Waals surface area contributed by atoms with Crippen LogP contribution < -0.4 is 0 Å². The largest absolute Gasteiger partial charge is 0.466 e. The molecule has 1 aromatic carbocycles. The number of carbonyl (C=O) groups excluding carboxylic acids is 3. The van der Waals surface area contributed by atoms with Crippen LogP contribution in [0, 0.1) is 11.8 Å². The van der Waals surface area contributed by atoms with Gasteiger partial charge in [-0.3, -0.25) is 14.4 Å². The van der Waals surface area contributed by atoms with Gasteiger partial charge in [-0.25, -0.2) is 0 Å². The number of benzene rings is 1. The molecule has 2 bridgehead atoms. The first-order chi connectivity index (χ1) is 16.4. The van der Waals surface area contributed by atoms with Crippen molar-refractivity contribution >= 4 is 33.7 Å². The molecule has 6 atom stereocenters. The smallest absolute Gasteiger partial charge is 0.312 e. The Hall–Kier alpha value is -2.23. The van der Waals surface area contributed by atoms with E-state index < -0.39 is 35.6 Å². The monoisotopic (exact) mass is 534 g/mol. The molecule has 0 aliphatic carbocycles. The Morgan fingerprint density at radius 3 is 2.76 bits per heavy atom. The Labute approximate surface area is 208 Å². The lowest BCUT2D eigenvalue weighted by Gasteiger charge is -2.37. The highest BCUT2D eigenvalue weighted by molar-refractivity contribution is 9.09. The zero-order valence-corrected chi connectivity index (χ0v) is 20.9. The Balaban J connectivity index is 1.72. The predicted molar refractivity (Wildman–Crippen MR) is 128 cm³/mol. The maximum atomic E-state index is 14.1. The summed E-state index contributed by atoms with van der Waals surface area (Å²) in [5, 5.41) is 9.45. The van der Waals surface area contributed by atoms with Gasteiger partial charge in [-0.05, 0) is 25.3 Å². The van der Waals surface area contributed by atoms with E-state index in [4.69, 9.17) is 9.47 Å². The van der Waals surface area contributed by atoms with Crippen molar-refractivity contribution in [1.82, 2.24) is 9.80 Å². The number of hydrogen-bond acceptors (Lipinski definition) is 6. The lowest BCUT2D eigenvalue weighted by Crippen LogP contribution is -2.56. The van der Waals surface area contributed by atoms with Gasteiger partial charge >= 0.3 is 5.97 Å². The molecule has 184 valence electrons. The number of rotatable bonds is 10. The fourth-order valence-corrected chi connectivity index (χ4v) is 6.71. The standard InChI is InChI=1S/C25H31BrN2O6/c1-3-11-27(15-16-9-6-5-7-10-16)23(31)21-25-14-17(26)20(34-25)18(24(32)33-4-2)19(25)22(30)28(21)12-8-13-29/h3,5-7,9-10,17-21,29H,1,4,8,11-15H2,2H3/t17?,18-,19+,20-,21?,25?/m1/s1. The molecule has 3 unspecified atom stereocenters. The summed E-state index contributed by atoms with van der Waals surface area (Å²) in [4.78, 5) is 43.7. The number of nitrogens with zero attached hydrogens (tertiary/aromatic N) is 2. The topological polar surface area (TPSA) is 96.4 Å². The number of carbonyl (C=O) groups is 3. The summed E-state index contributed by atoms with van der Waals surface area (Å²) in [6, 6.07) is 8.72. The summed E-state index contributed by atoms with van der Waals surface area (Å²) in [5.74, 6) is -2.57. The average molecular weight is 535 g/mol. The Kier molecular flexibility index (Phi) is 7.45. The molecule has 2 amide bonds. The van der Waals surface area contributed by atoms with E-state index in [0.29, 0.717) is 25.9 Å². The van der Waals surface area contributed by atoms with E-state index in [2.05, 4.69) is 22.5 Å². The quantitative estimate of drug-likeness (QED) is 0.280. The lowest BCUT2D eigenvalue weighted by atomic mass is 9.70. The van der Waals surface area contributed by atoms with Crippen molar-refractivity contribution in [3.05, 3.63) is 48.6 Å². The normalized spacial score (nSPS) is 31.4. The average Bonchev–Trinajstić information content (AvgIpc) is 3.41. The van der Waals surface area contributed by atoms with Gasteiger partial charge in [0.1, 0.15) is 11.6 Å². The van der Waals surface area contributed by atoms with Crippen molar-refractivity contribution in [2.45, 2.75) is 48.9 Å². The van der Waals surface area contributed by atoms with Crippen molar-refractivity contribution in [1.29, 1.82) is 0 Å². The van der Waals surface area contributed by atoms with Gasteiger partial charge in [0.05, 0.1) is 24.5 Å². The molecule has 0 aromatic heterocycles. The maximum Gasteiger partial charge on any atom is 0.312 e. The summed E-state index contributed by atoms with van der Waals surface area (Å²) in [5.41, 5.74) is -0.173. The molecule has 3 aliphatic rings.